The van der Waals surface area contributed by atoms with E-state index in [4.69, 9.17) is 5.26 Å². The maximum absolute atomic E-state index is 10.7. The largest absolute Gasteiger partial charge is 1.00 e. The van der Waals surface area contributed by atoms with E-state index < -0.39 is 7.81 Å². The fourth-order valence-corrected chi connectivity index (χ4v) is 1.96. The third-order valence-corrected chi connectivity index (χ3v) is 2.80. The molecule has 3 rings (SSSR count). The van der Waals surface area contributed by atoms with Gasteiger partial charge in [0.25, 0.3) is 0 Å². The van der Waals surface area contributed by atoms with Gasteiger partial charge in [0.05, 0.1) is 17.1 Å². The topological polar surface area (TPSA) is 49.6 Å². The summed E-state index contributed by atoms with van der Waals surface area (Å²) in [6, 6.07) is 14.2. The van der Waals surface area contributed by atoms with Crippen LogP contribution in [-0.2, 0) is 17.1 Å². The molecule has 0 aliphatic carbocycles. The standard InChI is InChI=1S/C14H12N2.C2H3N.Cu.F6P/c1-9-3-5-11-7-8-12-6-4-10(2)16-14(12)13(11)15-9;1-2-3;;1-7(2,3,4,5)6/h3-8H,1-2H3;1H3;;/q;;+1;-1. The number of fused-ring (bicyclic) bond motifs is 3. The van der Waals surface area contributed by atoms with Crippen LogP contribution in [0.5, 0.6) is 0 Å². The van der Waals surface area contributed by atoms with Crippen molar-refractivity contribution in [2.45, 2.75) is 20.8 Å². The molecular formula is C16H15CuF6N3P. The van der Waals surface area contributed by atoms with E-state index in [0.717, 1.165) is 33.2 Å². The number of nitriles is 1. The first-order valence-electron chi connectivity index (χ1n) is 7.11. The molecule has 0 fully saturated rings. The Bertz CT molecular complexity index is 913. The number of nitrogens with zero attached hydrogens (tertiary/aromatic N) is 3. The summed E-state index contributed by atoms with van der Waals surface area (Å²) in [5.41, 5.74) is 4.06. The van der Waals surface area contributed by atoms with Gasteiger partial charge in [-0.15, -0.1) is 0 Å². The van der Waals surface area contributed by atoms with Crippen molar-refractivity contribution in [3.8, 4) is 6.07 Å². The Morgan fingerprint density at radius 2 is 0.963 bits per heavy atom. The van der Waals surface area contributed by atoms with Gasteiger partial charge in [-0.1, -0.05) is 24.3 Å². The van der Waals surface area contributed by atoms with E-state index in [9.17, 15) is 25.2 Å². The molecule has 0 radical (unpaired) electrons. The number of aromatic nitrogens is 2. The number of pyridine rings is 2. The molecule has 152 valence electrons. The molecule has 27 heavy (non-hydrogen) atoms. The molecule has 0 N–H and O–H groups in total. The maximum atomic E-state index is 9.87. The van der Waals surface area contributed by atoms with Gasteiger partial charge in [-0.25, -0.2) is 0 Å². The zero-order valence-corrected chi connectivity index (χ0v) is 16.2. The van der Waals surface area contributed by atoms with Crippen LogP contribution in [0.25, 0.3) is 21.8 Å². The Kier molecular flexibility index (Phi) is 7.40. The van der Waals surface area contributed by atoms with Gasteiger partial charge in [0.15, 0.2) is 0 Å². The van der Waals surface area contributed by atoms with Gasteiger partial charge in [0, 0.05) is 29.1 Å². The van der Waals surface area contributed by atoms with E-state index in [1.165, 1.54) is 6.92 Å². The zero-order valence-electron chi connectivity index (χ0n) is 14.3. The van der Waals surface area contributed by atoms with Gasteiger partial charge in [-0.3, -0.25) is 9.97 Å². The molecule has 1 aromatic carbocycles. The van der Waals surface area contributed by atoms with Crippen LogP contribution in [0.15, 0.2) is 36.4 Å². The number of aryl methyl sites for hydroxylation is 2. The van der Waals surface area contributed by atoms with Crippen LogP contribution in [0.2, 0.25) is 0 Å². The van der Waals surface area contributed by atoms with Crippen molar-refractivity contribution in [2.75, 3.05) is 0 Å². The number of halogens is 6. The van der Waals surface area contributed by atoms with Crippen LogP contribution >= 0.6 is 7.81 Å². The van der Waals surface area contributed by atoms with Crippen molar-refractivity contribution in [3.05, 3.63) is 47.8 Å². The molecule has 0 saturated heterocycles. The van der Waals surface area contributed by atoms with Gasteiger partial charge in [-0.2, -0.15) is 5.26 Å². The minimum Gasteiger partial charge on any atom is 1.00 e. The monoisotopic (exact) mass is 457 g/mol. The van der Waals surface area contributed by atoms with E-state index in [2.05, 4.69) is 34.2 Å². The predicted molar refractivity (Wildman–Crippen MR) is 91.4 cm³/mol. The number of benzene rings is 1. The third-order valence-electron chi connectivity index (χ3n) is 2.80. The molecule has 3 aromatic rings. The van der Waals surface area contributed by atoms with E-state index in [1.807, 2.05) is 26.0 Å². The molecule has 0 unspecified atom stereocenters. The van der Waals surface area contributed by atoms with Crippen LogP contribution in [0.3, 0.4) is 0 Å². The van der Waals surface area contributed by atoms with Gasteiger partial charge in [0.2, 0.25) is 0 Å². The number of rotatable bonds is 0. The molecule has 3 nitrogen and oxygen atoms in total. The van der Waals surface area contributed by atoms with Gasteiger partial charge in [0.1, 0.15) is 0 Å². The molecule has 0 spiro atoms. The Morgan fingerprint density at radius 1 is 0.741 bits per heavy atom. The first-order valence-corrected chi connectivity index (χ1v) is 9.14. The number of hydrogen-bond donors (Lipinski definition) is 0. The van der Waals surface area contributed by atoms with E-state index in [-0.39, 0.29) is 17.1 Å². The molecule has 0 bridgehead atoms. The second-order valence-corrected chi connectivity index (χ2v) is 7.21. The van der Waals surface area contributed by atoms with Gasteiger partial charge < -0.3 is 0 Å². The second-order valence-electron chi connectivity index (χ2n) is 5.30. The molecule has 0 amide bonds. The van der Waals surface area contributed by atoms with Crippen molar-refractivity contribution in [1.29, 1.82) is 5.26 Å². The van der Waals surface area contributed by atoms with Crippen LogP contribution in [0.1, 0.15) is 18.3 Å². The fourth-order valence-electron chi connectivity index (χ4n) is 1.96. The Labute approximate surface area is 162 Å². The SMILES string of the molecule is CC#N.Cc1ccc2ccc3ccc(C)nc3c2n1.F[P-](F)(F)(F)(F)F.[Cu+]. The molecule has 0 saturated carbocycles. The maximum Gasteiger partial charge on any atom is 1.00 e. The molecule has 0 aliphatic rings. The summed E-state index contributed by atoms with van der Waals surface area (Å²) >= 11 is 0. The summed E-state index contributed by atoms with van der Waals surface area (Å²) in [7, 11) is -10.7. The normalized spacial score (nSPS) is 12.9. The molecule has 11 heteroatoms. The Morgan fingerprint density at radius 3 is 1.22 bits per heavy atom. The van der Waals surface area contributed by atoms with Crippen LogP contribution in [0, 0.1) is 25.2 Å². The van der Waals surface area contributed by atoms with Gasteiger partial charge >= 0.3 is 50.1 Å². The molecule has 2 aromatic heterocycles. The fraction of sp³-hybridized carbons (Fsp3) is 0.188. The van der Waals surface area contributed by atoms with E-state index in [1.54, 1.807) is 6.07 Å². The van der Waals surface area contributed by atoms with Gasteiger partial charge in [-0.05, 0) is 26.0 Å². The molecular weight excluding hydrogens is 443 g/mol. The Balaban J connectivity index is 0.000000525. The minimum absolute atomic E-state index is 0. The molecule has 0 atom stereocenters. The van der Waals surface area contributed by atoms with Crippen molar-refractivity contribution in [3.63, 3.8) is 0 Å². The van der Waals surface area contributed by atoms with Crippen LogP contribution in [0.4, 0.5) is 25.2 Å². The third kappa shape index (κ3) is 10.7. The quantitative estimate of drug-likeness (QED) is 0.154. The summed E-state index contributed by atoms with van der Waals surface area (Å²) in [4.78, 5) is 9.16. The zero-order chi connectivity index (χ0) is 20.2. The van der Waals surface area contributed by atoms with E-state index in [0.29, 0.717) is 0 Å². The molecule has 0 aliphatic heterocycles. The number of hydrogen-bond acceptors (Lipinski definition) is 3. The van der Waals surface area contributed by atoms with Crippen LogP contribution < -0.4 is 0 Å². The smallest absolute Gasteiger partial charge is 1.00 e. The minimum atomic E-state index is -10.7. The first kappa shape index (κ1) is 25.1. The van der Waals surface area contributed by atoms with Crippen molar-refractivity contribution in [2.24, 2.45) is 0 Å². The predicted octanol–water partition coefficient (Wildman–Crippen LogP) is 7.31. The summed E-state index contributed by atoms with van der Waals surface area (Å²) in [5.74, 6) is 0. The van der Waals surface area contributed by atoms with E-state index >= 15 is 0 Å². The molecule has 2 heterocycles. The summed E-state index contributed by atoms with van der Waals surface area (Å²) in [6.45, 7) is 5.45. The van der Waals surface area contributed by atoms with Crippen molar-refractivity contribution in [1.82, 2.24) is 9.97 Å². The van der Waals surface area contributed by atoms with Crippen LogP contribution in [-0.4, -0.2) is 9.97 Å². The van der Waals surface area contributed by atoms with Crippen molar-refractivity contribution >= 4 is 29.6 Å². The second kappa shape index (κ2) is 7.97. The van der Waals surface area contributed by atoms with Crippen molar-refractivity contribution < 1.29 is 42.3 Å². The summed E-state index contributed by atoms with van der Waals surface area (Å²) in [5, 5.41) is 9.62. The summed E-state index contributed by atoms with van der Waals surface area (Å²) in [6.07, 6.45) is 0. The summed E-state index contributed by atoms with van der Waals surface area (Å²) < 4.78 is 59.2. The first-order chi connectivity index (χ1) is 11.6. The average molecular weight is 458 g/mol. The average Bonchev–Trinajstić information content (AvgIpc) is 2.45. The Hall–Kier alpha value is -1.94.